The van der Waals surface area contributed by atoms with Gasteiger partial charge in [-0.3, -0.25) is 4.79 Å². The Morgan fingerprint density at radius 1 is 0.967 bits per heavy atom. The van der Waals surface area contributed by atoms with Gasteiger partial charge in [-0.2, -0.15) is 0 Å². The quantitative estimate of drug-likeness (QED) is 0.363. The minimum Gasteiger partial charge on any atom is -0.378 e. The summed E-state index contributed by atoms with van der Waals surface area (Å²) in [6.07, 6.45) is 1.40. The van der Waals surface area contributed by atoms with Crippen LogP contribution in [0.25, 0.3) is 0 Å². The summed E-state index contributed by atoms with van der Waals surface area (Å²) >= 11 is 3.56. The summed E-state index contributed by atoms with van der Waals surface area (Å²) in [6.45, 7) is 8.69. The molecule has 0 amide bonds. The molecule has 3 rings (SSSR count). The molecule has 0 aliphatic rings. The van der Waals surface area contributed by atoms with E-state index in [1.54, 1.807) is 0 Å². The minimum atomic E-state index is -0.107. The number of anilines is 1. The first-order chi connectivity index (χ1) is 14.3. The van der Waals surface area contributed by atoms with Gasteiger partial charge in [0.2, 0.25) is 0 Å². The van der Waals surface area contributed by atoms with Crippen LogP contribution < -0.4 is 5.32 Å². The highest BCUT2D eigenvalue weighted by molar-refractivity contribution is 9.10. The second-order valence-electron chi connectivity index (χ2n) is 8.76. The maximum atomic E-state index is 13.1. The summed E-state index contributed by atoms with van der Waals surface area (Å²) < 4.78 is 1.01. The molecule has 0 saturated heterocycles. The Hall–Kier alpha value is -2.39. The average molecular weight is 464 g/mol. The molecule has 0 heterocycles. The predicted molar refractivity (Wildman–Crippen MR) is 130 cm³/mol. The summed E-state index contributed by atoms with van der Waals surface area (Å²) in [5, 5.41) is 3.57. The molecule has 1 N–H and O–H groups in total. The van der Waals surface area contributed by atoms with Crippen molar-refractivity contribution < 1.29 is 4.79 Å². The summed E-state index contributed by atoms with van der Waals surface area (Å²) in [6, 6.07) is 24.5. The minimum absolute atomic E-state index is 0.0760. The molecule has 0 spiro atoms. The number of carbonyl (C=O) groups excluding carboxylic acids is 1. The van der Waals surface area contributed by atoms with Crippen molar-refractivity contribution in [1.29, 1.82) is 0 Å². The van der Waals surface area contributed by atoms with Gasteiger partial charge in [0.25, 0.3) is 0 Å². The lowest BCUT2D eigenvalue weighted by atomic mass is 9.86. The highest BCUT2D eigenvalue weighted by Crippen LogP contribution is 2.28. The Balaban J connectivity index is 1.83. The lowest BCUT2D eigenvalue weighted by Crippen LogP contribution is -2.16. The average Bonchev–Trinajstić information content (AvgIpc) is 2.73. The maximum absolute atomic E-state index is 13.1. The number of rotatable bonds is 7. The molecule has 3 aromatic rings. The van der Waals surface area contributed by atoms with Crippen LogP contribution in [-0.4, -0.2) is 5.78 Å². The summed E-state index contributed by atoms with van der Waals surface area (Å²) in [7, 11) is 0. The Bertz CT molecular complexity index is 985. The van der Waals surface area contributed by atoms with Crippen LogP contribution in [-0.2, 0) is 11.8 Å². The topological polar surface area (TPSA) is 29.1 Å². The molecule has 30 heavy (non-hydrogen) atoms. The third-order valence-electron chi connectivity index (χ3n) is 5.42. The molecule has 0 unspecified atom stereocenters. The van der Waals surface area contributed by atoms with Gasteiger partial charge in [0.05, 0.1) is 6.04 Å². The first-order valence-corrected chi connectivity index (χ1v) is 11.3. The number of benzene rings is 3. The van der Waals surface area contributed by atoms with Crippen molar-refractivity contribution in [2.45, 2.75) is 52.0 Å². The van der Waals surface area contributed by atoms with Crippen molar-refractivity contribution in [3.05, 3.63) is 99.5 Å². The lowest BCUT2D eigenvalue weighted by Gasteiger charge is -2.21. The Morgan fingerprint density at radius 2 is 1.63 bits per heavy atom. The van der Waals surface area contributed by atoms with E-state index in [0.717, 1.165) is 27.7 Å². The van der Waals surface area contributed by atoms with E-state index in [0.29, 0.717) is 6.42 Å². The number of hydrogen-bond donors (Lipinski definition) is 1. The molecule has 1 atom stereocenters. The number of halogens is 1. The normalized spacial score (nSPS) is 12.4. The van der Waals surface area contributed by atoms with Gasteiger partial charge >= 0.3 is 0 Å². The van der Waals surface area contributed by atoms with E-state index in [1.165, 1.54) is 11.1 Å². The fraction of sp³-hybridized carbons (Fsp3) is 0.296. The number of aryl methyl sites for hydroxylation is 1. The highest BCUT2D eigenvalue weighted by atomic mass is 79.9. The molecular formula is C27H30BrNO. The standard InChI is InChI=1S/C27H30BrNO/c1-5-19-9-15-24(16-10-19)29-25(21-7-6-8-23(28)17-21)18-26(30)20-11-13-22(14-12-20)27(2,3)4/h6-17,25,29H,5,18H2,1-4H3/t25-/m1/s1. The van der Waals surface area contributed by atoms with Crippen LogP contribution in [0.3, 0.4) is 0 Å². The SMILES string of the molecule is CCc1ccc(N[C@H](CC(=O)c2ccc(C(C)(C)C)cc2)c2cccc(Br)c2)cc1. The van der Waals surface area contributed by atoms with Gasteiger partial charge in [-0.25, -0.2) is 0 Å². The third kappa shape index (κ3) is 5.82. The molecule has 0 saturated carbocycles. The number of nitrogens with one attached hydrogen (secondary N) is 1. The molecule has 0 aliphatic carbocycles. The zero-order valence-corrected chi connectivity index (χ0v) is 19.8. The molecule has 0 aromatic heterocycles. The van der Waals surface area contributed by atoms with E-state index in [9.17, 15) is 4.79 Å². The fourth-order valence-corrected chi connectivity index (χ4v) is 3.89. The number of hydrogen-bond acceptors (Lipinski definition) is 2. The monoisotopic (exact) mass is 463 g/mol. The molecule has 3 aromatic carbocycles. The largest absolute Gasteiger partial charge is 0.378 e. The van der Waals surface area contributed by atoms with Crippen molar-refractivity contribution >= 4 is 27.4 Å². The Kier molecular flexibility index (Phi) is 7.14. The molecule has 0 fully saturated rings. The van der Waals surface area contributed by atoms with Gasteiger partial charge in [0.15, 0.2) is 5.78 Å². The fourth-order valence-electron chi connectivity index (χ4n) is 3.47. The number of carbonyl (C=O) groups is 1. The van der Waals surface area contributed by atoms with Crippen LogP contribution in [0.15, 0.2) is 77.3 Å². The third-order valence-corrected chi connectivity index (χ3v) is 5.91. The molecular weight excluding hydrogens is 434 g/mol. The van der Waals surface area contributed by atoms with E-state index in [1.807, 2.05) is 24.3 Å². The predicted octanol–water partition coefficient (Wildman–Crippen LogP) is 7.74. The van der Waals surface area contributed by atoms with E-state index in [2.05, 4.69) is 97.5 Å². The van der Waals surface area contributed by atoms with Crippen LogP contribution >= 0.6 is 15.9 Å². The second kappa shape index (κ2) is 9.61. The molecule has 0 bridgehead atoms. The molecule has 0 aliphatic heterocycles. The summed E-state index contributed by atoms with van der Waals surface area (Å²) in [4.78, 5) is 13.1. The lowest BCUT2D eigenvalue weighted by molar-refractivity contribution is 0.0976. The van der Waals surface area contributed by atoms with Gasteiger partial charge in [-0.15, -0.1) is 0 Å². The zero-order valence-electron chi connectivity index (χ0n) is 18.2. The first-order valence-electron chi connectivity index (χ1n) is 10.5. The van der Waals surface area contributed by atoms with Gasteiger partial charge in [0.1, 0.15) is 0 Å². The van der Waals surface area contributed by atoms with E-state index >= 15 is 0 Å². The van der Waals surface area contributed by atoms with Crippen molar-refractivity contribution in [3.63, 3.8) is 0 Å². The van der Waals surface area contributed by atoms with Crippen molar-refractivity contribution in [1.82, 2.24) is 0 Å². The van der Waals surface area contributed by atoms with Gasteiger partial charge < -0.3 is 5.32 Å². The van der Waals surface area contributed by atoms with Crippen LogP contribution in [0.1, 0.15) is 67.2 Å². The molecule has 2 nitrogen and oxygen atoms in total. The van der Waals surface area contributed by atoms with Crippen molar-refractivity contribution in [3.8, 4) is 0 Å². The summed E-state index contributed by atoms with van der Waals surface area (Å²) in [5.74, 6) is 0.137. The Labute approximate surface area is 188 Å². The van der Waals surface area contributed by atoms with Gasteiger partial charge in [-0.05, 0) is 52.8 Å². The van der Waals surface area contributed by atoms with Gasteiger partial charge in [0, 0.05) is 22.1 Å². The first kappa shape index (κ1) is 22.3. The van der Waals surface area contributed by atoms with Crippen LogP contribution in [0.4, 0.5) is 5.69 Å². The molecule has 156 valence electrons. The van der Waals surface area contributed by atoms with Crippen molar-refractivity contribution in [2.75, 3.05) is 5.32 Å². The van der Waals surface area contributed by atoms with Crippen LogP contribution in [0.2, 0.25) is 0 Å². The summed E-state index contributed by atoms with van der Waals surface area (Å²) in [5.41, 5.74) is 5.47. The zero-order chi connectivity index (χ0) is 21.7. The highest BCUT2D eigenvalue weighted by Gasteiger charge is 2.19. The van der Waals surface area contributed by atoms with E-state index in [4.69, 9.17) is 0 Å². The van der Waals surface area contributed by atoms with Gasteiger partial charge in [-0.1, -0.05) is 92.2 Å². The Morgan fingerprint density at radius 3 is 2.20 bits per heavy atom. The van der Waals surface area contributed by atoms with E-state index < -0.39 is 0 Å². The van der Waals surface area contributed by atoms with Crippen LogP contribution in [0.5, 0.6) is 0 Å². The van der Waals surface area contributed by atoms with Crippen LogP contribution in [0, 0.1) is 0 Å². The van der Waals surface area contributed by atoms with Crippen molar-refractivity contribution in [2.24, 2.45) is 0 Å². The molecule has 3 heteroatoms. The maximum Gasteiger partial charge on any atom is 0.165 e. The number of Topliss-reactive ketones (excluding diaryl/α,β-unsaturated/α-hetero) is 1. The second-order valence-corrected chi connectivity index (χ2v) is 9.67. The molecule has 0 radical (unpaired) electrons. The van der Waals surface area contributed by atoms with E-state index in [-0.39, 0.29) is 17.2 Å². The smallest absolute Gasteiger partial charge is 0.165 e. The number of ketones is 1.